The average Bonchev–Trinajstić information content (AvgIpc) is 3.27. The number of nitrogens with zero attached hydrogens (tertiary/aromatic N) is 2. The van der Waals surface area contributed by atoms with Crippen molar-refractivity contribution in [3.05, 3.63) is 0 Å². The number of aliphatic imine (C=N–C) groups is 1. The monoisotopic (exact) mass is 500 g/mol. The fraction of sp³-hybridized carbons (Fsp3) is 0.762. The number of guanidine groups is 1. The van der Waals surface area contributed by atoms with Gasteiger partial charge < -0.3 is 48.7 Å². The van der Waals surface area contributed by atoms with Crippen molar-refractivity contribution in [1.29, 1.82) is 0 Å². The molecular formula is C21H40N8O6. The van der Waals surface area contributed by atoms with E-state index in [1.54, 1.807) is 0 Å². The van der Waals surface area contributed by atoms with Gasteiger partial charge in [0, 0.05) is 13.1 Å². The van der Waals surface area contributed by atoms with Gasteiger partial charge in [0.2, 0.25) is 17.7 Å². The molecule has 0 saturated carbocycles. The van der Waals surface area contributed by atoms with Crippen molar-refractivity contribution < 1.29 is 29.4 Å². The Hall–Kier alpha value is -2.97. The van der Waals surface area contributed by atoms with Crippen LogP contribution in [0.3, 0.4) is 0 Å². The Balaban J connectivity index is 2.92. The minimum absolute atomic E-state index is 0.0971. The van der Waals surface area contributed by atoms with Crippen molar-refractivity contribution in [2.75, 3.05) is 19.6 Å². The maximum absolute atomic E-state index is 13.3. The number of hydrogen-bond donors (Lipinski definition) is 8. The summed E-state index contributed by atoms with van der Waals surface area (Å²) in [5, 5.41) is 24.0. The predicted molar refractivity (Wildman–Crippen MR) is 128 cm³/mol. The number of carbonyl (C=O) groups excluding carboxylic acids is 3. The molecule has 3 amide bonds. The highest BCUT2D eigenvalue weighted by Gasteiger charge is 2.40. The second kappa shape index (κ2) is 15.1. The van der Waals surface area contributed by atoms with E-state index >= 15 is 0 Å². The Morgan fingerprint density at radius 3 is 2.37 bits per heavy atom. The molecule has 1 aliphatic rings. The summed E-state index contributed by atoms with van der Waals surface area (Å²) >= 11 is 0. The minimum Gasteiger partial charge on any atom is -0.480 e. The zero-order valence-corrected chi connectivity index (χ0v) is 20.2. The van der Waals surface area contributed by atoms with Gasteiger partial charge in [-0.05, 0) is 52.0 Å². The zero-order chi connectivity index (χ0) is 26.5. The van der Waals surface area contributed by atoms with Crippen molar-refractivity contribution in [3.63, 3.8) is 0 Å². The lowest BCUT2D eigenvalue weighted by atomic mass is 9.98. The molecule has 0 bridgehead atoms. The molecule has 1 heterocycles. The molecule has 1 saturated heterocycles. The van der Waals surface area contributed by atoms with Crippen LogP contribution in [0.1, 0.15) is 51.9 Å². The highest BCUT2D eigenvalue weighted by atomic mass is 16.4. The van der Waals surface area contributed by atoms with Crippen molar-refractivity contribution in [3.8, 4) is 0 Å². The predicted octanol–water partition coefficient (Wildman–Crippen LogP) is -2.87. The van der Waals surface area contributed by atoms with E-state index in [-0.39, 0.29) is 31.9 Å². The van der Waals surface area contributed by atoms with Crippen LogP contribution in [0.25, 0.3) is 0 Å². The van der Waals surface area contributed by atoms with E-state index in [9.17, 15) is 29.4 Å². The molecule has 0 radical (unpaired) electrons. The summed E-state index contributed by atoms with van der Waals surface area (Å²) in [6.07, 6.45) is 0.509. The number of rotatable bonds is 15. The zero-order valence-electron chi connectivity index (χ0n) is 20.2. The topological polar surface area (TPSA) is 252 Å². The first-order valence-corrected chi connectivity index (χ1v) is 11.8. The fourth-order valence-electron chi connectivity index (χ4n) is 3.78. The SMILES string of the molecule is C[C@H](O)[C@@H](N)NC(=O)[C@@H](CCCCN)C(=O)N1CCC[C@H]1C(=O)N[C@@H](CCCN=C(N)N)C(=O)O. The van der Waals surface area contributed by atoms with Crippen molar-refractivity contribution in [2.24, 2.45) is 33.8 Å². The van der Waals surface area contributed by atoms with Crippen LogP contribution in [0, 0.1) is 5.92 Å². The Labute approximate surface area is 204 Å². The first kappa shape index (κ1) is 30.1. The number of unbranched alkanes of at least 4 members (excludes halogenated alkanes) is 1. The number of hydrogen-bond acceptors (Lipinski definition) is 8. The quantitative estimate of drug-likeness (QED) is 0.0375. The number of nitrogens with one attached hydrogen (secondary N) is 2. The molecule has 0 aliphatic carbocycles. The number of carbonyl (C=O) groups is 4. The average molecular weight is 501 g/mol. The maximum atomic E-state index is 13.3. The van der Waals surface area contributed by atoms with Crippen LogP contribution in [0.2, 0.25) is 0 Å². The van der Waals surface area contributed by atoms with Crippen LogP contribution in [0.15, 0.2) is 4.99 Å². The molecule has 0 aromatic carbocycles. The minimum atomic E-state index is -1.22. The van der Waals surface area contributed by atoms with E-state index in [1.807, 2.05) is 0 Å². The lowest BCUT2D eigenvalue weighted by Crippen LogP contribution is -2.55. The number of amides is 3. The number of carboxylic acid groups (broad SMARTS) is 1. The Kier molecular flexibility index (Phi) is 13.0. The number of aliphatic carboxylic acids is 1. The molecule has 14 heteroatoms. The summed E-state index contributed by atoms with van der Waals surface area (Å²) in [7, 11) is 0. The molecule has 200 valence electrons. The summed E-state index contributed by atoms with van der Waals surface area (Å²) < 4.78 is 0. The molecular weight excluding hydrogens is 460 g/mol. The van der Waals surface area contributed by atoms with Gasteiger partial charge in [-0.15, -0.1) is 0 Å². The van der Waals surface area contributed by atoms with Crippen LogP contribution in [-0.2, 0) is 19.2 Å². The largest absolute Gasteiger partial charge is 0.480 e. The third-order valence-corrected chi connectivity index (χ3v) is 5.79. The number of aliphatic hydroxyl groups excluding tert-OH is 1. The second-order valence-corrected chi connectivity index (χ2v) is 8.65. The van der Waals surface area contributed by atoms with Gasteiger partial charge in [0.15, 0.2) is 5.96 Å². The molecule has 35 heavy (non-hydrogen) atoms. The van der Waals surface area contributed by atoms with Gasteiger partial charge >= 0.3 is 5.97 Å². The highest BCUT2D eigenvalue weighted by molar-refractivity contribution is 6.02. The summed E-state index contributed by atoms with van der Waals surface area (Å²) in [5.74, 6) is -4.24. The highest BCUT2D eigenvalue weighted by Crippen LogP contribution is 2.23. The van der Waals surface area contributed by atoms with Crippen LogP contribution in [-0.4, -0.2) is 88.8 Å². The Bertz CT molecular complexity index is 758. The maximum Gasteiger partial charge on any atom is 0.326 e. The van der Waals surface area contributed by atoms with Crippen molar-refractivity contribution in [1.82, 2.24) is 15.5 Å². The van der Waals surface area contributed by atoms with Crippen molar-refractivity contribution in [2.45, 2.75) is 76.2 Å². The molecule has 1 fully saturated rings. The lowest BCUT2D eigenvalue weighted by molar-refractivity contribution is -0.147. The van der Waals surface area contributed by atoms with Gasteiger partial charge in [-0.1, -0.05) is 6.42 Å². The summed E-state index contributed by atoms with van der Waals surface area (Å²) in [4.78, 5) is 55.8. The van der Waals surface area contributed by atoms with Crippen LogP contribution >= 0.6 is 0 Å². The molecule has 5 atom stereocenters. The molecule has 0 aromatic rings. The van der Waals surface area contributed by atoms with Gasteiger partial charge in [-0.2, -0.15) is 0 Å². The van der Waals surface area contributed by atoms with Crippen LogP contribution in [0.4, 0.5) is 0 Å². The van der Waals surface area contributed by atoms with Crippen molar-refractivity contribution >= 4 is 29.7 Å². The van der Waals surface area contributed by atoms with Gasteiger partial charge in [0.05, 0.1) is 6.10 Å². The summed E-state index contributed by atoms with van der Waals surface area (Å²) in [5.41, 5.74) is 21.8. The van der Waals surface area contributed by atoms with E-state index in [1.165, 1.54) is 11.8 Å². The van der Waals surface area contributed by atoms with Crippen LogP contribution < -0.4 is 33.6 Å². The number of likely N-dealkylation sites (tertiary alicyclic amines) is 1. The van der Waals surface area contributed by atoms with E-state index in [4.69, 9.17) is 22.9 Å². The van der Waals surface area contributed by atoms with E-state index in [2.05, 4.69) is 15.6 Å². The molecule has 14 nitrogen and oxygen atoms in total. The first-order valence-electron chi connectivity index (χ1n) is 11.8. The molecule has 1 aliphatic heterocycles. The normalized spacial score (nSPS) is 18.7. The molecule has 0 spiro atoms. The van der Waals surface area contributed by atoms with Gasteiger partial charge in [0.25, 0.3) is 0 Å². The summed E-state index contributed by atoms with van der Waals surface area (Å²) in [6.45, 7) is 2.27. The molecule has 1 rings (SSSR count). The first-order chi connectivity index (χ1) is 16.5. The van der Waals surface area contributed by atoms with E-state index < -0.39 is 54.0 Å². The second-order valence-electron chi connectivity index (χ2n) is 8.65. The molecule has 0 aromatic heterocycles. The standard InChI is InChI=1S/C21H40N8O6/c1-12(30)16(23)28-17(31)13(6-2-3-9-22)19(33)29-11-5-8-15(29)18(32)27-14(20(34)35)7-4-10-26-21(24)25/h12-16,30H,2-11,22-23H2,1H3,(H,27,32)(H,28,31)(H,34,35)(H4,24,25,26)/t12-,13+,14-,15-,16-/m0/s1. The lowest BCUT2D eigenvalue weighted by Gasteiger charge is -2.29. The van der Waals surface area contributed by atoms with Gasteiger partial charge in [-0.3, -0.25) is 19.4 Å². The smallest absolute Gasteiger partial charge is 0.326 e. The van der Waals surface area contributed by atoms with Crippen LogP contribution in [0.5, 0.6) is 0 Å². The Morgan fingerprint density at radius 1 is 1.11 bits per heavy atom. The molecule has 12 N–H and O–H groups in total. The van der Waals surface area contributed by atoms with Gasteiger partial charge in [0.1, 0.15) is 24.2 Å². The molecule has 0 unspecified atom stereocenters. The van der Waals surface area contributed by atoms with E-state index in [0.29, 0.717) is 38.6 Å². The van der Waals surface area contributed by atoms with E-state index in [0.717, 1.165) is 0 Å². The Morgan fingerprint density at radius 2 is 1.80 bits per heavy atom. The third kappa shape index (κ3) is 10.0. The van der Waals surface area contributed by atoms with Gasteiger partial charge in [-0.25, -0.2) is 4.79 Å². The number of aliphatic hydroxyl groups is 1. The number of nitrogens with two attached hydrogens (primary N) is 4. The fourth-order valence-corrected chi connectivity index (χ4v) is 3.78. The third-order valence-electron chi connectivity index (χ3n) is 5.79. The summed E-state index contributed by atoms with van der Waals surface area (Å²) in [6, 6.07) is -2.08. The number of carboxylic acids is 1.